The van der Waals surface area contributed by atoms with Gasteiger partial charge in [0, 0.05) is 0 Å². The molecule has 2 N–H and O–H groups in total. The van der Waals surface area contributed by atoms with Crippen LogP contribution in [0.25, 0.3) is 11.0 Å². The number of nitrogens with zero attached hydrogens (tertiary/aromatic N) is 4. The molecule has 0 amide bonds. The normalized spacial score (nSPS) is 17.1. The first-order valence-electron chi connectivity index (χ1n) is 4.80. The average Bonchev–Trinajstić information content (AvgIpc) is 2.48. The summed E-state index contributed by atoms with van der Waals surface area (Å²) in [6.07, 6.45) is 6.92. The van der Waals surface area contributed by atoms with E-state index in [-0.39, 0.29) is 0 Å². The molecule has 0 unspecified atom stereocenters. The van der Waals surface area contributed by atoms with Crippen LogP contribution in [0.2, 0.25) is 0 Å². The Morgan fingerprint density at radius 1 is 1.36 bits per heavy atom. The Kier molecular flexibility index (Phi) is 1.47. The lowest BCUT2D eigenvalue weighted by Gasteiger charge is -2.25. The number of rotatable bonds is 1. The maximum atomic E-state index is 5.72. The second kappa shape index (κ2) is 2.67. The van der Waals surface area contributed by atoms with Crippen LogP contribution in [0.4, 0.5) is 5.82 Å². The quantitative estimate of drug-likeness (QED) is 0.730. The lowest BCUT2D eigenvalue weighted by molar-refractivity contribution is 0.296. The molecule has 0 radical (unpaired) electrons. The van der Waals surface area contributed by atoms with Gasteiger partial charge in [0.15, 0.2) is 5.65 Å². The third-order valence-corrected chi connectivity index (χ3v) is 2.84. The van der Waals surface area contributed by atoms with Gasteiger partial charge in [0.25, 0.3) is 0 Å². The van der Waals surface area contributed by atoms with Crippen molar-refractivity contribution in [3.8, 4) is 0 Å². The van der Waals surface area contributed by atoms with E-state index < -0.39 is 0 Å². The van der Waals surface area contributed by atoms with Gasteiger partial charge in [-0.3, -0.25) is 0 Å². The Hall–Kier alpha value is -1.65. The zero-order chi connectivity index (χ0) is 9.54. The highest BCUT2D eigenvalue weighted by atomic mass is 15.3. The fourth-order valence-corrected chi connectivity index (χ4v) is 1.78. The van der Waals surface area contributed by atoms with Gasteiger partial charge in [0.05, 0.1) is 17.6 Å². The van der Waals surface area contributed by atoms with E-state index in [1.54, 1.807) is 6.20 Å². The van der Waals surface area contributed by atoms with Gasteiger partial charge in [-0.1, -0.05) is 0 Å². The summed E-state index contributed by atoms with van der Waals surface area (Å²) < 4.78 is 1.97. The van der Waals surface area contributed by atoms with E-state index in [0.717, 1.165) is 11.0 Å². The second-order valence-corrected chi connectivity index (χ2v) is 3.67. The van der Waals surface area contributed by atoms with E-state index in [1.807, 2.05) is 4.68 Å². The van der Waals surface area contributed by atoms with Gasteiger partial charge in [-0.05, 0) is 19.3 Å². The lowest BCUT2D eigenvalue weighted by atomic mass is 9.93. The van der Waals surface area contributed by atoms with E-state index in [0.29, 0.717) is 11.9 Å². The molecule has 1 saturated carbocycles. The monoisotopic (exact) mass is 189 g/mol. The third-order valence-electron chi connectivity index (χ3n) is 2.84. The zero-order valence-electron chi connectivity index (χ0n) is 7.72. The van der Waals surface area contributed by atoms with Crippen molar-refractivity contribution in [1.82, 2.24) is 19.7 Å². The van der Waals surface area contributed by atoms with Crippen LogP contribution in [-0.2, 0) is 0 Å². The number of fused-ring (bicyclic) bond motifs is 1. The van der Waals surface area contributed by atoms with Crippen LogP contribution in [-0.4, -0.2) is 19.7 Å². The summed E-state index contributed by atoms with van der Waals surface area (Å²) >= 11 is 0. The fourth-order valence-electron chi connectivity index (χ4n) is 1.78. The minimum absolute atomic E-state index is 0.514. The number of hydrogen-bond acceptors (Lipinski definition) is 4. The molecule has 5 nitrogen and oxygen atoms in total. The molecule has 0 aromatic carbocycles. The molecule has 3 rings (SSSR count). The van der Waals surface area contributed by atoms with Crippen molar-refractivity contribution < 1.29 is 0 Å². The molecule has 0 spiro atoms. The van der Waals surface area contributed by atoms with Crippen molar-refractivity contribution in [1.29, 1.82) is 0 Å². The molecular formula is C9H11N5. The van der Waals surface area contributed by atoms with E-state index >= 15 is 0 Å². The lowest BCUT2D eigenvalue weighted by Crippen LogP contribution is -2.18. The highest BCUT2D eigenvalue weighted by Gasteiger charge is 2.22. The predicted molar refractivity (Wildman–Crippen MR) is 52.6 cm³/mol. The molecule has 0 aliphatic heterocycles. The van der Waals surface area contributed by atoms with Crippen LogP contribution < -0.4 is 5.73 Å². The number of nitrogen functional groups attached to an aromatic ring is 1. The topological polar surface area (TPSA) is 69.6 Å². The van der Waals surface area contributed by atoms with Crippen molar-refractivity contribution in [3.05, 3.63) is 12.5 Å². The summed E-state index contributed by atoms with van der Waals surface area (Å²) in [5.74, 6) is 0.514. The summed E-state index contributed by atoms with van der Waals surface area (Å²) in [6, 6.07) is 0.516. The van der Waals surface area contributed by atoms with Gasteiger partial charge in [-0.15, -0.1) is 0 Å². The van der Waals surface area contributed by atoms with E-state index in [9.17, 15) is 0 Å². The van der Waals surface area contributed by atoms with Crippen molar-refractivity contribution in [2.45, 2.75) is 25.3 Å². The first-order chi connectivity index (χ1) is 6.86. The van der Waals surface area contributed by atoms with Crippen LogP contribution in [0.1, 0.15) is 25.3 Å². The molecule has 14 heavy (non-hydrogen) atoms. The Bertz CT molecular complexity index is 471. The fraction of sp³-hybridized carbons (Fsp3) is 0.444. The van der Waals surface area contributed by atoms with Crippen LogP contribution in [0.3, 0.4) is 0 Å². The van der Waals surface area contributed by atoms with Crippen molar-refractivity contribution in [3.63, 3.8) is 0 Å². The number of nitrogens with two attached hydrogens (primary N) is 1. The van der Waals surface area contributed by atoms with Gasteiger partial charge < -0.3 is 5.73 Å². The first kappa shape index (κ1) is 7.73. The maximum absolute atomic E-state index is 5.72. The summed E-state index contributed by atoms with van der Waals surface area (Å²) in [5.41, 5.74) is 6.59. The molecule has 0 saturated heterocycles. The maximum Gasteiger partial charge on any atom is 0.163 e. The van der Waals surface area contributed by atoms with Crippen molar-refractivity contribution >= 4 is 16.9 Å². The number of hydrogen-bond donors (Lipinski definition) is 1. The Balaban J connectivity index is 2.20. The molecule has 1 aliphatic rings. The van der Waals surface area contributed by atoms with Crippen LogP contribution in [0, 0.1) is 0 Å². The molecule has 1 aliphatic carbocycles. The second-order valence-electron chi connectivity index (χ2n) is 3.67. The summed E-state index contributed by atoms with van der Waals surface area (Å²) in [4.78, 5) is 8.15. The minimum atomic E-state index is 0.514. The Labute approximate surface area is 81.0 Å². The smallest absolute Gasteiger partial charge is 0.163 e. The molecule has 72 valence electrons. The van der Waals surface area contributed by atoms with E-state index in [4.69, 9.17) is 5.73 Å². The van der Waals surface area contributed by atoms with Gasteiger partial charge in [-0.25, -0.2) is 14.6 Å². The molecule has 2 aromatic rings. The highest BCUT2D eigenvalue weighted by molar-refractivity contribution is 5.84. The molecule has 2 heterocycles. The predicted octanol–water partition coefficient (Wildman–Crippen LogP) is 1.13. The Morgan fingerprint density at radius 2 is 2.21 bits per heavy atom. The Morgan fingerprint density at radius 3 is 2.93 bits per heavy atom. The minimum Gasteiger partial charge on any atom is -0.383 e. The number of aromatic nitrogens is 4. The van der Waals surface area contributed by atoms with E-state index in [2.05, 4.69) is 15.1 Å². The van der Waals surface area contributed by atoms with Gasteiger partial charge in [0.1, 0.15) is 12.1 Å². The van der Waals surface area contributed by atoms with E-state index in [1.165, 1.54) is 25.6 Å². The standard InChI is InChI=1S/C9H11N5/c10-8-7-4-13-14(6-2-1-3-6)9(7)12-5-11-8/h4-6H,1-3H2,(H2,10,11,12). The summed E-state index contributed by atoms with van der Waals surface area (Å²) in [6.45, 7) is 0. The van der Waals surface area contributed by atoms with Gasteiger partial charge >= 0.3 is 0 Å². The number of anilines is 1. The third kappa shape index (κ3) is 0.921. The van der Waals surface area contributed by atoms with Crippen LogP contribution >= 0.6 is 0 Å². The molecule has 1 fully saturated rings. The summed E-state index contributed by atoms with van der Waals surface area (Å²) in [7, 11) is 0. The van der Waals surface area contributed by atoms with Gasteiger partial charge in [0.2, 0.25) is 0 Å². The first-order valence-corrected chi connectivity index (χ1v) is 4.80. The summed E-state index contributed by atoms with van der Waals surface area (Å²) in [5, 5.41) is 5.17. The average molecular weight is 189 g/mol. The van der Waals surface area contributed by atoms with Crippen molar-refractivity contribution in [2.24, 2.45) is 0 Å². The molecule has 0 atom stereocenters. The van der Waals surface area contributed by atoms with Crippen molar-refractivity contribution in [2.75, 3.05) is 5.73 Å². The SMILES string of the molecule is Nc1ncnc2c1cnn2C1CCC1. The molecule has 5 heteroatoms. The van der Waals surface area contributed by atoms with Crippen LogP contribution in [0.5, 0.6) is 0 Å². The molecule has 0 bridgehead atoms. The molecular weight excluding hydrogens is 178 g/mol. The largest absolute Gasteiger partial charge is 0.383 e. The molecule has 2 aromatic heterocycles. The highest BCUT2D eigenvalue weighted by Crippen LogP contribution is 2.33. The zero-order valence-corrected chi connectivity index (χ0v) is 7.72. The van der Waals surface area contributed by atoms with Gasteiger partial charge in [-0.2, -0.15) is 5.10 Å². The van der Waals surface area contributed by atoms with Crippen LogP contribution in [0.15, 0.2) is 12.5 Å².